The zero-order valence-corrected chi connectivity index (χ0v) is 27.8. The molecule has 4 heteroatoms. The van der Waals surface area contributed by atoms with Crippen LogP contribution in [0.15, 0.2) is 152 Å². The Morgan fingerprint density at radius 3 is 1.88 bits per heavy atom. The van der Waals surface area contributed by atoms with E-state index in [0.717, 1.165) is 46.3 Å². The average Bonchev–Trinajstić information content (AvgIpc) is 3.58. The van der Waals surface area contributed by atoms with Crippen LogP contribution in [-0.4, -0.2) is 9.13 Å². The van der Waals surface area contributed by atoms with Crippen LogP contribution in [0, 0.1) is 18.3 Å². The van der Waals surface area contributed by atoms with Crippen molar-refractivity contribution in [2.75, 3.05) is 4.90 Å². The van der Waals surface area contributed by atoms with Gasteiger partial charge in [0.25, 0.3) is 0 Å². The van der Waals surface area contributed by atoms with Gasteiger partial charge in [-0.05, 0) is 95.9 Å². The lowest BCUT2D eigenvalue weighted by molar-refractivity contribution is 0.812. The molecule has 0 saturated carbocycles. The third-order valence-electron chi connectivity index (χ3n) is 10.2. The zero-order chi connectivity index (χ0) is 33.8. The summed E-state index contributed by atoms with van der Waals surface area (Å²) < 4.78 is 4.73. The maximum Gasteiger partial charge on any atom is 0.0991 e. The van der Waals surface area contributed by atoms with Crippen LogP contribution in [0.4, 0.5) is 5.69 Å². The molecule has 2 aromatic heterocycles. The molecule has 0 N–H and O–H groups in total. The Bertz CT molecular complexity index is 2700. The van der Waals surface area contributed by atoms with E-state index in [9.17, 15) is 5.26 Å². The normalized spacial score (nSPS) is 12.7. The van der Waals surface area contributed by atoms with E-state index in [4.69, 9.17) is 0 Å². The summed E-state index contributed by atoms with van der Waals surface area (Å²) in [5.74, 6) is 0. The average molecular weight is 643 g/mol. The minimum Gasteiger partial charge on any atom is -0.363 e. The number of hydrogen-bond acceptors (Lipinski definition) is 2. The smallest absolute Gasteiger partial charge is 0.0991 e. The Hall–Kier alpha value is -6.57. The highest BCUT2D eigenvalue weighted by atomic mass is 15.1. The van der Waals surface area contributed by atoms with Crippen LogP contribution < -0.4 is 4.90 Å². The van der Waals surface area contributed by atoms with E-state index in [1.54, 1.807) is 0 Å². The molecule has 8 aromatic rings. The van der Waals surface area contributed by atoms with E-state index in [2.05, 4.69) is 161 Å². The van der Waals surface area contributed by atoms with Crippen molar-refractivity contribution in [3.05, 3.63) is 180 Å². The van der Waals surface area contributed by atoms with Crippen LogP contribution in [0.5, 0.6) is 0 Å². The Labute approximate surface area is 291 Å². The van der Waals surface area contributed by atoms with E-state index >= 15 is 0 Å². The summed E-state index contributed by atoms with van der Waals surface area (Å²) in [5.41, 5.74) is 15.0. The number of rotatable bonds is 5. The maximum absolute atomic E-state index is 9.70. The van der Waals surface area contributed by atoms with Gasteiger partial charge in [0.05, 0.1) is 28.2 Å². The molecule has 0 atom stereocenters. The summed E-state index contributed by atoms with van der Waals surface area (Å²) in [7, 11) is 0. The van der Waals surface area contributed by atoms with Gasteiger partial charge in [0.1, 0.15) is 0 Å². The molecule has 6 aromatic carbocycles. The fourth-order valence-electron chi connectivity index (χ4n) is 7.89. The standard InChI is InChI=1S/C46H34N4/c1-3-4-14-38-31(2)49(44-17-10-8-15-39(38)44)36-22-20-33-29-48(35-12-6-5-7-13-35)30-34-21-23-37(27-42(34)41(33)26-36)50-45-18-11-9-16-40(45)43-25-32(28-47)19-24-46(43)50/h3-27H,1,29-30H2,2H3/b14-4-. The van der Waals surface area contributed by atoms with E-state index in [0.29, 0.717) is 5.56 Å². The largest absolute Gasteiger partial charge is 0.363 e. The number of fused-ring (bicyclic) bond motifs is 7. The van der Waals surface area contributed by atoms with Gasteiger partial charge in [-0.2, -0.15) is 5.26 Å². The third kappa shape index (κ3) is 4.67. The molecule has 0 bridgehead atoms. The monoisotopic (exact) mass is 642 g/mol. The highest BCUT2D eigenvalue weighted by Crippen LogP contribution is 2.40. The summed E-state index contributed by atoms with van der Waals surface area (Å²) in [4.78, 5) is 2.47. The van der Waals surface area contributed by atoms with E-state index in [-0.39, 0.29) is 0 Å². The number of allylic oxidation sites excluding steroid dienone is 2. The molecule has 238 valence electrons. The summed E-state index contributed by atoms with van der Waals surface area (Å²) in [5, 5.41) is 13.2. The molecule has 0 aliphatic carbocycles. The van der Waals surface area contributed by atoms with Gasteiger partial charge in [0.15, 0.2) is 0 Å². The van der Waals surface area contributed by atoms with Crippen molar-refractivity contribution in [3.8, 4) is 28.6 Å². The minimum atomic E-state index is 0.667. The number of aromatic nitrogens is 2. The first-order valence-corrected chi connectivity index (χ1v) is 17.0. The van der Waals surface area contributed by atoms with Gasteiger partial charge in [0.2, 0.25) is 0 Å². The number of hydrogen-bond donors (Lipinski definition) is 0. The van der Waals surface area contributed by atoms with Gasteiger partial charge in [0, 0.05) is 57.6 Å². The van der Waals surface area contributed by atoms with Crippen molar-refractivity contribution in [1.82, 2.24) is 9.13 Å². The fraction of sp³-hybridized carbons (Fsp3) is 0.0652. The second-order valence-electron chi connectivity index (χ2n) is 13.0. The van der Waals surface area contributed by atoms with Crippen LogP contribution in [0.2, 0.25) is 0 Å². The first-order valence-electron chi connectivity index (χ1n) is 17.0. The van der Waals surface area contributed by atoms with Crippen molar-refractivity contribution < 1.29 is 0 Å². The summed E-state index contributed by atoms with van der Waals surface area (Å²) in [6.45, 7) is 7.71. The summed E-state index contributed by atoms with van der Waals surface area (Å²) in [6, 6.07) is 50.1. The first kappa shape index (κ1) is 29.6. The number of anilines is 1. The highest BCUT2D eigenvalue weighted by molar-refractivity contribution is 6.09. The molecule has 0 spiro atoms. The second-order valence-corrected chi connectivity index (χ2v) is 13.0. The van der Waals surface area contributed by atoms with Crippen LogP contribution in [0.25, 0.3) is 61.3 Å². The molecule has 9 rings (SSSR count). The van der Waals surface area contributed by atoms with Gasteiger partial charge >= 0.3 is 0 Å². The molecular formula is C46H34N4. The van der Waals surface area contributed by atoms with Crippen LogP contribution >= 0.6 is 0 Å². The predicted octanol–water partition coefficient (Wildman–Crippen LogP) is 11.3. The van der Waals surface area contributed by atoms with Gasteiger partial charge < -0.3 is 14.0 Å². The van der Waals surface area contributed by atoms with Crippen LogP contribution in [-0.2, 0) is 13.1 Å². The fourth-order valence-corrected chi connectivity index (χ4v) is 7.89. The Morgan fingerprint density at radius 1 is 0.600 bits per heavy atom. The zero-order valence-electron chi connectivity index (χ0n) is 27.8. The molecule has 0 radical (unpaired) electrons. The van der Waals surface area contributed by atoms with Crippen LogP contribution in [0.3, 0.4) is 0 Å². The minimum absolute atomic E-state index is 0.667. The Morgan fingerprint density at radius 2 is 1.20 bits per heavy atom. The molecule has 0 saturated heterocycles. The maximum atomic E-state index is 9.70. The molecule has 4 nitrogen and oxygen atoms in total. The lowest BCUT2D eigenvalue weighted by Gasteiger charge is -2.24. The Balaban J connectivity index is 1.29. The van der Waals surface area contributed by atoms with E-state index in [1.165, 1.54) is 50.1 Å². The summed E-state index contributed by atoms with van der Waals surface area (Å²) >= 11 is 0. The van der Waals surface area contributed by atoms with Crippen molar-refractivity contribution in [2.24, 2.45) is 0 Å². The van der Waals surface area contributed by atoms with Crippen molar-refractivity contribution >= 4 is 44.5 Å². The van der Waals surface area contributed by atoms with Gasteiger partial charge in [-0.1, -0.05) is 91.5 Å². The van der Waals surface area contributed by atoms with E-state index < -0.39 is 0 Å². The molecule has 1 aliphatic heterocycles. The van der Waals surface area contributed by atoms with Crippen molar-refractivity contribution in [1.29, 1.82) is 5.26 Å². The highest BCUT2D eigenvalue weighted by Gasteiger charge is 2.23. The molecule has 0 amide bonds. The lowest BCUT2D eigenvalue weighted by Crippen LogP contribution is -2.20. The second kappa shape index (κ2) is 11.8. The molecule has 0 fully saturated rings. The first-order chi connectivity index (χ1) is 24.6. The van der Waals surface area contributed by atoms with Crippen LogP contribution in [0.1, 0.15) is 27.9 Å². The van der Waals surface area contributed by atoms with Gasteiger partial charge in [-0.3, -0.25) is 0 Å². The SMILES string of the molecule is C=C/C=C\c1c(C)n(-c2ccc3c(c2)-c2cc(-n4c5ccccc5c5cc(C#N)ccc54)ccc2CN(c2ccccc2)C3)c2ccccc12. The summed E-state index contributed by atoms with van der Waals surface area (Å²) in [6.07, 6.45) is 6.01. The number of benzene rings is 6. The number of nitrogens with zero attached hydrogens (tertiary/aromatic N) is 4. The third-order valence-corrected chi connectivity index (χ3v) is 10.2. The molecule has 3 heterocycles. The van der Waals surface area contributed by atoms with Crippen molar-refractivity contribution in [2.45, 2.75) is 20.0 Å². The quantitative estimate of drug-likeness (QED) is 0.175. The topological polar surface area (TPSA) is 36.9 Å². The predicted molar refractivity (Wildman–Crippen MR) is 208 cm³/mol. The number of para-hydroxylation sites is 3. The van der Waals surface area contributed by atoms with E-state index in [1.807, 2.05) is 24.3 Å². The molecule has 1 aliphatic rings. The van der Waals surface area contributed by atoms with Crippen molar-refractivity contribution in [3.63, 3.8) is 0 Å². The molecule has 0 unspecified atom stereocenters. The Kier molecular flexibility index (Phi) is 7.00. The number of nitriles is 1. The molecular weight excluding hydrogens is 609 g/mol. The van der Waals surface area contributed by atoms with Gasteiger partial charge in [-0.15, -0.1) is 0 Å². The van der Waals surface area contributed by atoms with Gasteiger partial charge in [-0.25, -0.2) is 0 Å². The molecule has 50 heavy (non-hydrogen) atoms. The lowest BCUT2D eigenvalue weighted by atomic mass is 9.95.